The third-order valence-electron chi connectivity index (χ3n) is 2.29. The van der Waals surface area contributed by atoms with E-state index in [1.54, 1.807) is 6.21 Å². The molecule has 0 saturated carbocycles. The highest BCUT2D eigenvalue weighted by Crippen LogP contribution is 2.25. The predicted molar refractivity (Wildman–Crippen MR) is 79.0 cm³/mol. The second kappa shape index (κ2) is 6.63. The zero-order chi connectivity index (χ0) is 14.4. The molecule has 1 amide bonds. The van der Waals surface area contributed by atoms with Gasteiger partial charge in [-0.15, -0.1) is 0 Å². The fourth-order valence-corrected chi connectivity index (χ4v) is 1.62. The monoisotopic (exact) mass is 289 g/mol. The van der Waals surface area contributed by atoms with E-state index in [1.165, 1.54) is 13.3 Å². The van der Waals surface area contributed by atoms with Crippen LogP contribution in [0.25, 0.3) is 0 Å². The molecule has 0 fully saturated rings. The van der Waals surface area contributed by atoms with E-state index < -0.39 is 0 Å². The number of hydrogen-bond acceptors (Lipinski definition) is 5. The first-order chi connectivity index (χ1) is 9.66. The summed E-state index contributed by atoms with van der Waals surface area (Å²) in [4.78, 5) is 18.9. The molecule has 0 saturated heterocycles. The number of hydrogen-bond donors (Lipinski definition) is 2. The SMILES string of the molecule is CC(=O)Nc1c(Cl)ncnc1N/N=C/c1ccccc1. The van der Waals surface area contributed by atoms with Crippen molar-refractivity contribution < 1.29 is 4.79 Å². The molecular weight excluding hydrogens is 278 g/mol. The van der Waals surface area contributed by atoms with Crippen molar-refractivity contribution >= 4 is 35.2 Å². The van der Waals surface area contributed by atoms with Gasteiger partial charge in [-0.25, -0.2) is 9.97 Å². The first kappa shape index (κ1) is 14.0. The molecule has 6 nitrogen and oxygen atoms in total. The maximum absolute atomic E-state index is 11.1. The number of hydrazone groups is 1. The van der Waals surface area contributed by atoms with Gasteiger partial charge < -0.3 is 5.32 Å². The second-order valence-electron chi connectivity index (χ2n) is 3.85. The Morgan fingerprint density at radius 1 is 1.30 bits per heavy atom. The highest BCUT2D eigenvalue weighted by molar-refractivity contribution is 6.33. The molecule has 0 radical (unpaired) electrons. The minimum Gasteiger partial charge on any atom is -0.321 e. The summed E-state index contributed by atoms with van der Waals surface area (Å²) in [6, 6.07) is 9.56. The van der Waals surface area contributed by atoms with Gasteiger partial charge in [-0.1, -0.05) is 41.9 Å². The summed E-state index contributed by atoms with van der Waals surface area (Å²) in [6.07, 6.45) is 2.92. The van der Waals surface area contributed by atoms with Crippen LogP contribution in [0.15, 0.2) is 41.8 Å². The summed E-state index contributed by atoms with van der Waals surface area (Å²) in [5, 5.41) is 6.75. The lowest BCUT2D eigenvalue weighted by Crippen LogP contribution is -2.10. The minimum absolute atomic E-state index is 0.146. The van der Waals surface area contributed by atoms with E-state index in [0.717, 1.165) is 5.56 Å². The molecule has 1 aromatic heterocycles. The quantitative estimate of drug-likeness (QED) is 0.515. The Bertz CT molecular complexity index is 630. The molecule has 102 valence electrons. The maximum atomic E-state index is 11.1. The Morgan fingerprint density at radius 2 is 2.05 bits per heavy atom. The lowest BCUT2D eigenvalue weighted by molar-refractivity contribution is -0.114. The van der Waals surface area contributed by atoms with Gasteiger partial charge >= 0.3 is 0 Å². The number of halogens is 1. The molecule has 0 atom stereocenters. The van der Waals surface area contributed by atoms with Gasteiger partial charge in [-0.3, -0.25) is 10.2 Å². The van der Waals surface area contributed by atoms with Crippen LogP contribution in [0.4, 0.5) is 11.5 Å². The van der Waals surface area contributed by atoms with Gasteiger partial charge in [-0.2, -0.15) is 5.10 Å². The zero-order valence-electron chi connectivity index (χ0n) is 10.7. The topological polar surface area (TPSA) is 79.3 Å². The van der Waals surface area contributed by atoms with Gasteiger partial charge in [0.1, 0.15) is 12.0 Å². The van der Waals surface area contributed by atoms with E-state index in [2.05, 4.69) is 25.8 Å². The molecule has 0 unspecified atom stereocenters. The van der Waals surface area contributed by atoms with Crippen LogP contribution in [0.3, 0.4) is 0 Å². The molecule has 20 heavy (non-hydrogen) atoms. The average Bonchev–Trinajstić information content (AvgIpc) is 2.43. The van der Waals surface area contributed by atoms with Crippen LogP contribution in [0, 0.1) is 0 Å². The Morgan fingerprint density at radius 3 is 2.75 bits per heavy atom. The third-order valence-corrected chi connectivity index (χ3v) is 2.57. The van der Waals surface area contributed by atoms with Crippen molar-refractivity contribution in [2.24, 2.45) is 5.10 Å². The average molecular weight is 290 g/mol. The number of anilines is 2. The highest BCUT2D eigenvalue weighted by Gasteiger charge is 2.10. The normalized spacial score (nSPS) is 10.5. The molecule has 1 heterocycles. The lowest BCUT2D eigenvalue weighted by atomic mass is 10.2. The Labute approximate surface area is 120 Å². The van der Waals surface area contributed by atoms with E-state index in [-0.39, 0.29) is 11.1 Å². The van der Waals surface area contributed by atoms with Crippen LogP contribution >= 0.6 is 11.6 Å². The number of amides is 1. The maximum Gasteiger partial charge on any atom is 0.221 e. The van der Waals surface area contributed by atoms with Crippen molar-refractivity contribution in [2.75, 3.05) is 10.7 Å². The number of benzene rings is 1. The fraction of sp³-hybridized carbons (Fsp3) is 0.0769. The van der Waals surface area contributed by atoms with Crippen molar-refractivity contribution in [3.8, 4) is 0 Å². The predicted octanol–water partition coefficient (Wildman–Crippen LogP) is 2.53. The van der Waals surface area contributed by atoms with Crippen LogP contribution in [0.2, 0.25) is 5.15 Å². The summed E-state index contributed by atoms with van der Waals surface area (Å²) in [5.74, 6) is 0.0594. The Balaban J connectivity index is 2.15. The van der Waals surface area contributed by atoms with E-state index in [9.17, 15) is 4.79 Å². The summed E-state index contributed by atoms with van der Waals surface area (Å²) in [6.45, 7) is 1.38. The number of aromatic nitrogens is 2. The molecule has 0 bridgehead atoms. The van der Waals surface area contributed by atoms with Gasteiger partial charge in [0, 0.05) is 6.92 Å². The summed E-state index contributed by atoms with van der Waals surface area (Å²) in [5.41, 5.74) is 3.96. The Kier molecular flexibility index (Phi) is 4.62. The molecule has 2 aromatic rings. The van der Waals surface area contributed by atoms with Crippen molar-refractivity contribution in [3.63, 3.8) is 0 Å². The van der Waals surface area contributed by atoms with Gasteiger partial charge in [0.05, 0.1) is 6.21 Å². The molecular formula is C13H12ClN5O. The molecule has 0 aliphatic heterocycles. The molecule has 2 N–H and O–H groups in total. The van der Waals surface area contributed by atoms with Crippen LogP contribution in [0.1, 0.15) is 12.5 Å². The zero-order valence-corrected chi connectivity index (χ0v) is 11.4. The van der Waals surface area contributed by atoms with Gasteiger partial charge in [-0.05, 0) is 5.56 Å². The standard InChI is InChI=1S/C13H12ClN5O/c1-9(20)18-11-12(14)15-8-16-13(11)19-17-7-10-5-3-2-4-6-10/h2-8H,1H3,(H,18,20)(H,15,16,19)/b17-7+. The number of rotatable bonds is 4. The van der Waals surface area contributed by atoms with Crippen molar-refractivity contribution in [2.45, 2.75) is 6.92 Å². The Hall–Kier alpha value is -2.47. The minimum atomic E-state index is -0.267. The van der Waals surface area contributed by atoms with E-state index in [0.29, 0.717) is 11.5 Å². The molecule has 1 aromatic carbocycles. The molecule has 0 aliphatic rings. The largest absolute Gasteiger partial charge is 0.321 e. The van der Waals surface area contributed by atoms with Crippen LogP contribution < -0.4 is 10.7 Å². The van der Waals surface area contributed by atoms with Crippen molar-refractivity contribution in [3.05, 3.63) is 47.4 Å². The molecule has 0 spiro atoms. The number of carbonyl (C=O) groups excluding carboxylic acids is 1. The van der Waals surface area contributed by atoms with E-state index in [1.807, 2.05) is 30.3 Å². The first-order valence-electron chi connectivity index (χ1n) is 5.79. The van der Waals surface area contributed by atoms with Crippen LogP contribution in [-0.4, -0.2) is 22.1 Å². The van der Waals surface area contributed by atoms with Crippen LogP contribution in [0.5, 0.6) is 0 Å². The first-order valence-corrected chi connectivity index (χ1v) is 6.17. The smallest absolute Gasteiger partial charge is 0.221 e. The molecule has 7 heteroatoms. The number of nitrogens with zero attached hydrogens (tertiary/aromatic N) is 3. The van der Waals surface area contributed by atoms with Crippen LogP contribution in [-0.2, 0) is 4.79 Å². The molecule has 0 aliphatic carbocycles. The highest BCUT2D eigenvalue weighted by atomic mass is 35.5. The van der Waals surface area contributed by atoms with E-state index >= 15 is 0 Å². The van der Waals surface area contributed by atoms with Gasteiger partial charge in [0.15, 0.2) is 11.0 Å². The summed E-state index contributed by atoms with van der Waals surface area (Å²) in [7, 11) is 0. The summed E-state index contributed by atoms with van der Waals surface area (Å²) < 4.78 is 0. The van der Waals surface area contributed by atoms with Crippen molar-refractivity contribution in [1.82, 2.24) is 9.97 Å². The number of nitrogens with one attached hydrogen (secondary N) is 2. The molecule has 2 rings (SSSR count). The van der Waals surface area contributed by atoms with E-state index in [4.69, 9.17) is 11.6 Å². The van der Waals surface area contributed by atoms with Crippen molar-refractivity contribution in [1.29, 1.82) is 0 Å². The third kappa shape index (κ3) is 3.76. The number of carbonyl (C=O) groups is 1. The second-order valence-corrected chi connectivity index (χ2v) is 4.21. The van der Waals surface area contributed by atoms with Gasteiger partial charge in [0.25, 0.3) is 0 Å². The lowest BCUT2D eigenvalue weighted by Gasteiger charge is -2.08. The van der Waals surface area contributed by atoms with Gasteiger partial charge in [0.2, 0.25) is 5.91 Å². The summed E-state index contributed by atoms with van der Waals surface area (Å²) >= 11 is 5.91. The fourth-order valence-electron chi connectivity index (χ4n) is 1.44.